The molecule has 0 atom stereocenters. The standard InChI is InChI=1S/C23H29FN4O3/c1-26(15-18-3-9-21(31-2)10-4-18)23(30)17-28-13-11-27(12-14-28)16-22(29)25-20-7-5-19(24)6-8-20/h3-10H,11-17H2,1-2H3,(H,25,29)/p+2. The summed E-state index contributed by atoms with van der Waals surface area (Å²) in [6.07, 6.45) is 0. The minimum Gasteiger partial charge on any atom is -0.497 e. The quantitative estimate of drug-likeness (QED) is 0.515. The van der Waals surface area contributed by atoms with Gasteiger partial charge in [0.25, 0.3) is 11.8 Å². The van der Waals surface area contributed by atoms with E-state index in [1.165, 1.54) is 21.9 Å². The molecule has 0 saturated carbocycles. The number of hydrogen-bond donors (Lipinski definition) is 3. The summed E-state index contributed by atoms with van der Waals surface area (Å²) < 4.78 is 18.1. The molecule has 31 heavy (non-hydrogen) atoms. The van der Waals surface area contributed by atoms with Crippen LogP contribution in [0, 0.1) is 5.82 Å². The summed E-state index contributed by atoms with van der Waals surface area (Å²) in [6, 6.07) is 13.5. The smallest absolute Gasteiger partial charge is 0.279 e. The Balaban J connectivity index is 1.38. The normalized spacial score (nSPS) is 18.3. The summed E-state index contributed by atoms with van der Waals surface area (Å²) in [7, 11) is 3.46. The summed E-state index contributed by atoms with van der Waals surface area (Å²) in [5, 5.41) is 2.80. The molecule has 0 radical (unpaired) electrons. The van der Waals surface area contributed by atoms with Crippen molar-refractivity contribution in [2.45, 2.75) is 6.54 Å². The van der Waals surface area contributed by atoms with E-state index in [0.29, 0.717) is 25.3 Å². The molecule has 0 spiro atoms. The predicted molar refractivity (Wildman–Crippen MR) is 116 cm³/mol. The number of quaternary nitrogens is 2. The highest BCUT2D eigenvalue weighted by molar-refractivity contribution is 5.91. The Kier molecular flexibility index (Phi) is 7.97. The third-order valence-electron chi connectivity index (χ3n) is 5.61. The van der Waals surface area contributed by atoms with Crippen molar-refractivity contribution in [1.29, 1.82) is 0 Å². The first-order chi connectivity index (χ1) is 14.9. The molecule has 0 bridgehead atoms. The Bertz CT molecular complexity index is 865. The van der Waals surface area contributed by atoms with Crippen LogP contribution in [0.2, 0.25) is 0 Å². The average Bonchev–Trinajstić information content (AvgIpc) is 2.77. The van der Waals surface area contributed by atoms with Gasteiger partial charge in [0.15, 0.2) is 13.1 Å². The first-order valence-corrected chi connectivity index (χ1v) is 10.5. The van der Waals surface area contributed by atoms with E-state index >= 15 is 0 Å². The number of nitrogens with one attached hydrogen (secondary N) is 3. The minimum atomic E-state index is -0.327. The van der Waals surface area contributed by atoms with E-state index in [1.54, 1.807) is 24.1 Å². The van der Waals surface area contributed by atoms with E-state index in [-0.39, 0.29) is 17.6 Å². The van der Waals surface area contributed by atoms with Crippen molar-refractivity contribution < 1.29 is 28.5 Å². The molecule has 8 heteroatoms. The summed E-state index contributed by atoms with van der Waals surface area (Å²) in [6.45, 7) is 4.76. The molecule has 3 N–H and O–H groups in total. The number of nitrogens with zero attached hydrogens (tertiary/aromatic N) is 1. The van der Waals surface area contributed by atoms with Gasteiger partial charge in [-0.1, -0.05) is 12.1 Å². The van der Waals surface area contributed by atoms with Gasteiger partial charge in [-0.2, -0.15) is 0 Å². The maximum absolute atomic E-state index is 13.0. The largest absolute Gasteiger partial charge is 0.497 e. The molecule has 1 saturated heterocycles. The Hall–Kier alpha value is -2.97. The molecular weight excluding hydrogens is 399 g/mol. The number of hydrogen-bond acceptors (Lipinski definition) is 3. The number of halogens is 1. The van der Waals surface area contributed by atoms with Gasteiger partial charge in [-0.25, -0.2) is 4.39 Å². The number of amides is 2. The van der Waals surface area contributed by atoms with Crippen LogP contribution in [0.25, 0.3) is 0 Å². The second kappa shape index (κ2) is 10.9. The zero-order chi connectivity index (χ0) is 22.2. The van der Waals surface area contributed by atoms with E-state index in [2.05, 4.69) is 5.32 Å². The van der Waals surface area contributed by atoms with Gasteiger partial charge < -0.3 is 24.8 Å². The van der Waals surface area contributed by atoms with Crippen molar-refractivity contribution in [3.8, 4) is 5.75 Å². The van der Waals surface area contributed by atoms with E-state index in [4.69, 9.17) is 4.74 Å². The number of methoxy groups -OCH3 is 1. The number of anilines is 1. The second-order valence-electron chi connectivity index (χ2n) is 8.01. The highest BCUT2D eigenvalue weighted by atomic mass is 19.1. The summed E-state index contributed by atoms with van der Waals surface area (Å²) in [4.78, 5) is 29.0. The molecule has 1 aliphatic heterocycles. The lowest BCUT2D eigenvalue weighted by Gasteiger charge is -2.30. The highest BCUT2D eigenvalue weighted by Crippen LogP contribution is 2.12. The lowest BCUT2D eigenvalue weighted by Crippen LogP contribution is -3.28. The van der Waals surface area contributed by atoms with Crippen LogP contribution < -0.4 is 19.9 Å². The molecule has 7 nitrogen and oxygen atoms in total. The molecule has 0 unspecified atom stereocenters. The zero-order valence-electron chi connectivity index (χ0n) is 18.1. The number of ether oxygens (including phenoxy) is 1. The monoisotopic (exact) mass is 430 g/mol. The maximum Gasteiger partial charge on any atom is 0.279 e. The van der Waals surface area contributed by atoms with E-state index < -0.39 is 0 Å². The lowest BCUT2D eigenvalue weighted by molar-refractivity contribution is -1.00. The fourth-order valence-electron chi connectivity index (χ4n) is 3.72. The van der Waals surface area contributed by atoms with Gasteiger partial charge in [0.05, 0.1) is 7.11 Å². The van der Waals surface area contributed by atoms with Gasteiger partial charge in [0, 0.05) is 19.3 Å². The Labute approximate surface area is 182 Å². The van der Waals surface area contributed by atoms with Gasteiger partial charge >= 0.3 is 0 Å². The van der Waals surface area contributed by atoms with Crippen LogP contribution in [-0.2, 0) is 16.1 Å². The SMILES string of the molecule is COc1ccc(CN(C)C(=O)C[NH+]2CC[NH+](CC(=O)Nc3ccc(F)cc3)CC2)cc1. The van der Waals surface area contributed by atoms with Gasteiger partial charge in [0.2, 0.25) is 0 Å². The average molecular weight is 431 g/mol. The molecule has 0 aromatic heterocycles. The van der Waals surface area contributed by atoms with E-state index in [9.17, 15) is 14.0 Å². The van der Waals surface area contributed by atoms with Crippen LogP contribution in [-0.4, -0.2) is 70.1 Å². The van der Waals surface area contributed by atoms with Gasteiger partial charge in [-0.15, -0.1) is 0 Å². The van der Waals surface area contributed by atoms with Crippen molar-refractivity contribution in [3.05, 3.63) is 59.9 Å². The number of carbonyl (C=O) groups is 2. The van der Waals surface area contributed by atoms with Crippen molar-refractivity contribution in [2.75, 3.05) is 58.7 Å². The third kappa shape index (κ3) is 7.04. The Morgan fingerprint density at radius 3 is 2.13 bits per heavy atom. The van der Waals surface area contributed by atoms with Crippen molar-refractivity contribution in [3.63, 3.8) is 0 Å². The fraction of sp³-hybridized carbons (Fsp3) is 0.391. The van der Waals surface area contributed by atoms with Crippen LogP contribution in [0.5, 0.6) is 5.75 Å². The predicted octanol–water partition coefficient (Wildman–Crippen LogP) is -0.785. The first-order valence-electron chi connectivity index (χ1n) is 10.5. The van der Waals surface area contributed by atoms with E-state index in [0.717, 1.165) is 37.5 Å². The molecule has 2 aromatic carbocycles. The van der Waals surface area contributed by atoms with Crippen molar-refractivity contribution in [1.82, 2.24) is 4.90 Å². The molecule has 2 amide bonds. The van der Waals surface area contributed by atoms with Gasteiger partial charge in [-0.05, 0) is 42.0 Å². The van der Waals surface area contributed by atoms with Gasteiger partial charge in [-0.3, -0.25) is 9.59 Å². The number of carbonyl (C=O) groups excluding carboxylic acids is 2. The van der Waals surface area contributed by atoms with E-state index in [1.807, 2.05) is 31.3 Å². The second-order valence-corrected chi connectivity index (χ2v) is 8.01. The van der Waals surface area contributed by atoms with Crippen LogP contribution in [0.1, 0.15) is 5.56 Å². The van der Waals surface area contributed by atoms with Crippen LogP contribution in [0.3, 0.4) is 0 Å². The molecule has 1 aliphatic rings. The van der Waals surface area contributed by atoms with Gasteiger partial charge in [0.1, 0.15) is 37.7 Å². The number of rotatable bonds is 8. The molecule has 1 heterocycles. The molecule has 3 rings (SSSR count). The summed E-state index contributed by atoms with van der Waals surface area (Å²) in [5.41, 5.74) is 1.66. The fourth-order valence-corrected chi connectivity index (χ4v) is 3.72. The molecule has 1 fully saturated rings. The number of piperazine rings is 1. The highest BCUT2D eigenvalue weighted by Gasteiger charge is 2.27. The molecular formula is C23H31FN4O3+2. The minimum absolute atomic E-state index is 0.0830. The van der Waals surface area contributed by atoms with Crippen molar-refractivity contribution in [2.24, 2.45) is 0 Å². The summed E-state index contributed by atoms with van der Waals surface area (Å²) in [5.74, 6) is 0.504. The Morgan fingerprint density at radius 1 is 0.968 bits per heavy atom. The summed E-state index contributed by atoms with van der Waals surface area (Å²) >= 11 is 0. The zero-order valence-corrected chi connectivity index (χ0v) is 18.1. The maximum atomic E-state index is 13.0. The number of likely N-dealkylation sites (N-methyl/N-ethyl adjacent to an activating group) is 1. The third-order valence-corrected chi connectivity index (χ3v) is 5.61. The van der Waals surface area contributed by atoms with Crippen LogP contribution in [0.4, 0.5) is 10.1 Å². The molecule has 166 valence electrons. The van der Waals surface area contributed by atoms with Crippen LogP contribution in [0.15, 0.2) is 48.5 Å². The van der Waals surface area contributed by atoms with Crippen molar-refractivity contribution >= 4 is 17.5 Å². The first kappa shape index (κ1) is 22.7. The Morgan fingerprint density at radius 2 is 1.55 bits per heavy atom. The topological polar surface area (TPSA) is 67.5 Å². The molecule has 2 aromatic rings. The van der Waals surface area contributed by atoms with Crippen LogP contribution >= 0.6 is 0 Å². The molecule has 0 aliphatic carbocycles. The lowest BCUT2D eigenvalue weighted by atomic mass is 10.2. The number of benzene rings is 2.